The number of aryl methyl sites for hydroxylation is 2. The standard InChI is InChI=1S/C20H19NO5/c1-11-5-6-13(9-12(11)2)17-18(22)20(24)21(19(17)23)15-8-7-14(25-3)10-16(15)26-4/h5-10,22H,1-4H3. The van der Waals surface area contributed by atoms with E-state index < -0.39 is 17.6 Å². The topological polar surface area (TPSA) is 76.1 Å². The Kier molecular flexibility index (Phi) is 4.42. The van der Waals surface area contributed by atoms with Gasteiger partial charge in [-0.2, -0.15) is 0 Å². The van der Waals surface area contributed by atoms with Crippen molar-refractivity contribution in [2.45, 2.75) is 13.8 Å². The normalized spacial score (nSPS) is 14.2. The largest absolute Gasteiger partial charge is 0.502 e. The maximum absolute atomic E-state index is 12.9. The number of methoxy groups -OCH3 is 2. The Morgan fingerprint density at radius 3 is 2.23 bits per heavy atom. The number of hydrogen-bond donors (Lipinski definition) is 1. The molecule has 2 amide bonds. The molecule has 6 heteroatoms. The zero-order valence-corrected chi connectivity index (χ0v) is 15.0. The van der Waals surface area contributed by atoms with Crippen LogP contribution in [0.25, 0.3) is 5.57 Å². The third-order valence-corrected chi connectivity index (χ3v) is 4.48. The van der Waals surface area contributed by atoms with Crippen LogP contribution in [0, 0.1) is 13.8 Å². The molecule has 0 aromatic heterocycles. The van der Waals surface area contributed by atoms with E-state index in [2.05, 4.69) is 0 Å². The second-order valence-corrected chi connectivity index (χ2v) is 6.01. The first-order valence-corrected chi connectivity index (χ1v) is 8.00. The van der Waals surface area contributed by atoms with Gasteiger partial charge in [-0.3, -0.25) is 9.59 Å². The highest BCUT2D eigenvalue weighted by Gasteiger charge is 2.41. The molecular formula is C20H19NO5. The predicted molar refractivity (Wildman–Crippen MR) is 97.5 cm³/mol. The molecule has 1 aliphatic rings. The smallest absolute Gasteiger partial charge is 0.301 e. The van der Waals surface area contributed by atoms with E-state index >= 15 is 0 Å². The van der Waals surface area contributed by atoms with Gasteiger partial charge in [0.25, 0.3) is 5.91 Å². The van der Waals surface area contributed by atoms with Gasteiger partial charge < -0.3 is 14.6 Å². The number of rotatable bonds is 4. The van der Waals surface area contributed by atoms with Gasteiger partial charge in [-0.15, -0.1) is 0 Å². The third kappa shape index (κ3) is 2.69. The predicted octanol–water partition coefficient (Wildman–Crippen LogP) is 3.16. The second kappa shape index (κ2) is 6.55. The van der Waals surface area contributed by atoms with E-state index in [4.69, 9.17) is 9.47 Å². The number of amides is 2. The van der Waals surface area contributed by atoms with Gasteiger partial charge in [0, 0.05) is 6.07 Å². The molecule has 0 fully saturated rings. The number of hydrogen-bond acceptors (Lipinski definition) is 5. The minimum absolute atomic E-state index is 0.0176. The van der Waals surface area contributed by atoms with Crippen LogP contribution in [0.15, 0.2) is 42.2 Å². The molecule has 1 N–H and O–H groups in total. The summed E-state index contributed by atoms with van der Waals surface area (Å²) >= 11 is 0. The fourth-order valence-electron chi connectivity index (χ4n) is 2.86. The minimum Gasteiger partial charge on any atom is -0.502 e. The van der Waals surface area contributed by atoms with Crippen LogP contribution in [-0.4, -0.2) is 31.1 Å². The summed E-state index contributed by atoms with van der Waals surface area (Å²) in [5.41, 5.74) is 2.74. The maximum atomic E-state index is 12.9. The van der Waals surface area contributed by atoms with E-state index in [1.54, 1.807) is 30.3 Å². The van der Waals surface area contributed by atoms with Crippen molar-refractivity contribution in [2.24, 2.45) is 0 Å². The summed E-state index contributed by atoms with van der Waals surface area (Å²) in [6.07, 6.45) is 0. The molecule has 1 aliphatic heterocycles. The summed E-state index contributed by atoms with van der Waals surface area (Å²) in [5.74, 6) is -1.14. The van der Waals surface area contributed by atoms with Gasteiger partial charge in [-0.05, 0) is 42.7 Å². The Labute approximate surface area is 151 Å². The van der Waals surface area contributed by atoms with Crippen LogP contribution in [-0.2, 0) is 9.59 Å². The molecule has 0 saturated carbocycles. The molecule has 0 unspecified atom stereocenters. The van der Waals surface area contributed by atoms with E-state index in [9.17, 15) is 14.7 Å². The van der Waals surface area contributed by atoms with Crippen molar-refractivity contribution >= 4 is 23.1 Å². The number of carbonyl (C=O) groups is 2. The number of anilines is 1. The lowest BCUT2D eigenvalue weighted by Gasteiger charge is -2.18. The van der Waals surface area contributed by atoms with Crippen LogP contribution in [0.2, 0.25) is 0 Å². The van der Waals surface area contributed by atoms with Gasteiger partial charge in [0.1, 0.15) is 11.5 Å². The van der Waals surface area contributed by atoms with Crippen molar-refractivity contribution in [1.82, 2.24) is 0 Å². The average molecular weight is 353 g/mol. The van der Waals surface area contributed by atoms with Crippen molar-refractivity contribution in [2.75, 3.05) is 19.1 Å². The Morgan fingerprint density at radius 2 is 1.62 bits per heavy atom. The van der Waals surface area contributed by atoms with E-state index in [0.717, 1.165) is 16.0 Å². The summed E-state index contributed by atoms with van der Waals surface area (Å²) in [7, 11) is 2.94. The van der Waals surface area contributed by atoms with Gasteiger partial charge in [0.2, 0.25) is 0 Å². The number of imide groups is 1. The quantitative estimate of drug-likeness (QED) is 0.855. The van der Waals surface area contributed by atoms with E-state index in [1.807, 2.05) is 19.9 Å². The molecule has 0 spiro atoms. The van der Waals surface area contributed by atoms with Gasteiger partial charge in [0.05, 0.1) is 25.5 Å². The molecule has 134 valence electrons. The van der Waals surface area contributed by atoms with E-state index in [0.29, 0.717) is 17.1 Å². The minimum atomic E-state index is -0.785. The number of ether oxygens (including phenoxy) is 2. The fraction of sp³-hybridized carbons (Fsp3) is 0.200. The lowest BCUT2D eigenvalue weighted by molar-refractivity contribution is -0.121. The molecule has 3 rings (SSSR count). The summed E-state index contributed by atoms with van der Waals surface area (Å²) in [6, 6.07) is 10.1. The molecule has 0 radical (unpaired) electrons. The van der Waals surface area contributed by atoms with Crippen LogP contribution >= 0.6 is 0 Å². The lowest BCUT2D eigenvalue weighted by Crippen LogP contribution is -2.31. The molecule has 2 aromatic rings. The summed E-state index contributed by atoms with van der Waals surface area (Å²) in [6.45, 7) is 3.85. The molecule has 0 aliphatic carbocycles. The third-order valence-electron chi connectivity index (χ3n) is 4.48. The highest BCUT2D eigenvalue weighted by molar-refractivity contribution is 6.45. The van der Waals surface area contributed by atoms with Crippen LogP contribution in [0.1, 0.15) is 16.7 Å². The average Bonchev–Trinajstić information content (AvgIpc) is 2.86. The molecule has 0 atom stereocenters. The number of carbonyl (C=O) groups excluding carboxylic acids is 2. The molecular weight excluding hydrogens is 334 g/mol. The Balaban J connectivity index is 2.08. The monoisotopic (exact) mass is 353 g/mol. The molecule has 26 heavy (non-hydrogen) atoms. The maximum Gasteiger partial charge on any atom is 0.301 e. The number of nitrogens with zero attached hydrogens (tertiary/aromatic N) is 1. The van der Waals surface area contributed by atoms with Crippen molar-refractivity contribution in [1.29, 1.82) is 0 Å². The van der Waals surface area contributed by atoms with Gasteiger partial charge in [-0.25, -0.2) is 4.90 Å². The van der Waals surface area contributed by atoms with Crippen LogP contribution in [0.5, 0.6) is 11.5 Å². The molecule has 1 heterocycles. The van der Waals surface area contributed by atoms with Crippen LogP contribution in [0.4, 0.5) is 5.69 Å². The Hall–Kier alpha value is -3.28. The lowest BCUT2D eigenvalue weighted by atomic mass is 10.00. The second-order valence-electron chi connectivity index (χ2n) is 6.01. The highest BCUT2D eigenvalue weighted by Crippen LogP contribution is 2.38. The van der Waals surface area contributed by atoms with Crippen LogP contribution in [0.3, 0.4) is 0 Å². The highest BCUT2D eigenvalue weighted by atomic mass is 16.5. The summed E-state index contributed by atoms with van der Waals surface area (Å²) < 4.78 is 10.4. The van der Waals surface area contributed by atoms with E-state index in [-0.39, 0.29) is 11.3 Å². The van der Waals surface area contributed by atoms with Crippen molar-refractivity contribution in [3.8, 4) is 11.5 Å². The summed E-state index contributed by atoms with van der Waals surface area (Å²) in [5, 5.41) is 10.3. The van der Waals surface area contributed by atoms with Crippen LogP contribution < -0.4 is 14.4 Å². The Morgan fingerprint density at radius 1 is 0.885 bits per heavy atom. The number of aliphatic hydroxyl groups excluding tert-OH is 1. The van der Waals surface area contributed by atoms with Crippen molar-refractivity contribution < 1.29 is 24.2 Å². The zero-order valence-electron chi connectivity index (χ0n) is 15.0. The van der Waals surface area contributed by atoms with Gasteiger partial charge >= 0.3 is 5.91 Å². The first-order chi connectivity index (χ1) is 12.4. The number of benzene rings is 2. The summed E-state index contributed by atoms with van der Waals surface area (Å²) in [4.78, 5) is 26.4. The number of aliphatic hydroxyl groups is 1. The van der Waals surface area contributed by atoms with E-state index in [1.165, 1.54) is 14.2 Å². The first kappa shape index (κ1) is 17.5. The SMILES string of the molecule is COc1ccc(N2C(=O)C(O)=C(c3ccc(C)c(C)c3)C2=O)c(OC)c1. The van der Waals surface area contributed by atoms with Gasteiger partial charge in [0.15, 0.2) is 5.76 Å². The zero-order chi connectivity index (χ0) is 19.0. The first-order valence-electron chi connectivity index (χ1n) is 8.00. The molecule has 0 bridgehead atoms. The van der Waals surface area contributed by atoms with Crippen molar-refractivity contribution in [3.63, 3.8) is 0 Å². The molecule has 6 nitrogen and oxygen atoms in total. The van der Waals surface area contributed by atoms with Crippen molar-refractivity contribution in [3.05, 3.63) is 58.8 Å². The molecule has 0 saturated heterocycles. The Bertz CT molecular complexity index is 945. The molecule has 2 aromatic carbocycles. The van der Waals surface area contributed by atoms with Gasteiger partial charge in [-0.1, -0.05) is 18.2 Å². The fourth-order valence-corrected chi connectivity index (χ4v) is 2.86.